The first-order valence-corrected chi connectivity index (χ1v) is 9.36. The van der Waals surface area contributed by atoms with E-state index >= 15 is 0 Å². The average Bonchev–Trinajstić information content (AvgIpc) is 2.88. The maximum Gasteiger partial charge on any atom is 0.290 e. The summed E-state index contributed by atoms with van der Waals surface area (Å²) in [6, 6.07) is 7.67. The largest absolute Gasteiger partial charge is 0.368 e. The number of nitrogens with one attached hydrogen (secondary N) is 1. The van der Waals surface area contributed by atoms with Crippen LogP contribution in [0.5, 0.6) is 0 Å². The number of rotatable bonds is 4. The molecule has 0 aliphatic rings. The van der Waals surface area contributed by atoms with Crippen molar-refractivity contribution in [2.45, 2.75) is 19.8 Å². The van der Waals surface area contributed by atoms with Crippen molar-refractivity contribution >= 4 is 43.4 Å². The van der Waals surface area contributed by atoms with Crippen LogP contribution in [0.25, 0.3) is 10.1 Å². The maximum atomic E-state index is 12.1. The number of benzene rings is 1. The Kier molecular flexibility index (Phi) is 5.03. The predicted octanol–water partition coefficient (Wildman–Crippen LogP) is 1.96. The molecular weight excluding hydrogens is 338 g/mol. The minimum absolute atomic E-state index is 0.328. The first-order chi connectivity index (χ1) is 10.7. The number of hydroxylamine groups is 1. The van der Waals surface area contributed by atoms with Gasteiger partial charge in [-0.2, -0.15) is 13.4 Å². The Balaban J connectivity index is 2.26. The van der Waals surface area contributed by atoms with Crippen molar-refractivity contribution in [2.75, 3.05) is 6.26 Å². The van der Waals surface area contributed by atoms with Gasteiger partial charge in [-0.1, -0.05) is 26.0 Å². The van der Waals surface area contributed by atoms with E-state index in [9.17, 15) is 13.2 Å². The van der Waals surface area contributed by atoms with Gasteiger partial charge in [0.25, 0.3) is 16.0 Å². The molecule has 3 N–H and O–H groups in total. The predicted molar refractivity (Wildman–Crippen MR) is 90.9 cm³/mol. The van der Waals surface area contributed by atoms with E-state index in [0.717, 1.165) is 21.9 Å². The van der Waals surface area contributed by atoms with Gasteiger partial charge in [0, 0.05) is 4.70 Å². The van der Waals surface area contributed by atoms with Crippen LogP contribution in [0, 0.1) is 0 Å². The maximum absolute atomic E-state index is 12.1. The molecule has 2 rings (SSSR count). The number of carbonyl (C=O) groups is 1. The van der Waals surface area contributed by atoms with E-state index in [1.54, 1.807) is 6.07 Å². The van der Waals surface area contributed by atoms with Crippen LogP contribution in [0.15, 0.2) is 29.3 Å². The van der Waals surface area contributed by atoms with Gasteiger partial charge in [0.05, 0.1) is 11.1 Å². The molecule has 2 aromatic rings. The lowest BCUT2D eigenvalue weighted by Crippen LogP contribution is -2.34. The van der Waals surface area contributed by atoms with Gasteiger partial charge in [0.2, 0.25) is 5.96 Å². The van der Waals surface area contributed by atoms with Crippen molar-refractivity contribution in [2.24, 2.45) is 10.7 Å². The van der Waals surface area contributed by atoms with Crippen molar-refractivity contribution in [3.63, 3.8) is 0 Å². The summed E-state index contributed by atoms with van der Waals surface area (Å²) in [5.41, 5.74) is 8.48. The SMILES string of the molecule is CC(C)c1cccc2sc(C(=O)N=C(N)NOS(C)(=O)=O)cc12. The molecule has 7 nitrogen and oxygen atoms in total. The molecule has 1 aromatic carbocycles. The molecule has 1 aromatic heterocycles. The number of nitrogens with zero attached hydrogens (tertiary/aromatic N) is 1. The quantitative estimate of drug-likeness (QED) is 0.493. The van der Waals surface area contributed by atoms with Crippen LogP contribution in [0.1, 0.15) is 35.0 Å². The van der Waals surface area contributed by atoms with E-state index in [1.807, 2.05) is 23.7 Å². The summed E-state index contributed by atoms with van der Waals surface area (Å²) in [7, 11) is -3.74. The van der Waals surface area contributed by atoms with Gasteiger partial charge in [0.1, 0.15) is 0 Å². The zero-order valence-corrected chi connectivity index (χ0v) is 14.5. The first-order valence-electron chi connectivity index (χ1n) is 6.73. The number of guanidine groups is 1. The van der Waals surface area contributed by atoms with Crippen LogP contribution in [-0.2, 0) is 14.4 Å². The molecule has 124 valence electrons. The Bertz CT molecular complexity index is 869. The fourth-order valence-corrected chi connectivity index (χ4v) is 3.21. The Hall–Kier alpha value is -1.97. The molecule has 0 aliphatic heterocycles. The molecule has 0 atom stereocenters. The monoisotopic (exact) mass is 355 g/mol. The van der Waals surface area contributed by atoms with Crippen LogP contribution in [0.3, 0.4) is 0 Å². The van der Waals surface area contributed by atoms with Crippen molar-refractivity contribution in [1.29, 1.82) is 0 Å². The standard InChI is InChI=1S/C14H17N3O4S2/c1-8(2)9-5-4-6-11-10(9)7-12(22-11)13(18)16-14(15)17-21-23(3,19)20/h4-8H,1-3H3,(H3,15,16,17,18). The minimum Gasteiger partial charge on any atom is -0.368 e. The summed E-state index contributed by atoms with van der Waals surface area (Å²) in [4.78, 5) is 16.1. The number of nitrogens with two attached hydrogens (primary N) is 1. The van der Waals surface area contributed by atoms with Crippen LogP contribution in [0.2, 0.25) is 0 Å². The zero-order valence-electron chi connectivity index (χ0n) is 12.9. The summed E-state index contributed by atoms with van der Waals surface area (Å²) in [6.07, 6.45) is 0.842. The summed E-state index contributed by atoms with van der Waals surface area (Å²) < 4.78 is 26.9. The molecule has 0 unspecified atom stereocenters. The van der Waals surface area contributed by atoms with Crippen molar-refractivity contribution in [1.82, 2.24) is 5.48 Å². The second kappa shape index (κ2) is 6.65. The smallest absolute Gasteiger partial charge is 0.290 e. The topological polar surface area (TPSA) is 111 Å². The van der Waals surface area contributed by atoms with Crippen molar-refractivity contribution in [3.05, 3.63) is 34.7 Å². The summed E-state index contributed by atoms with van der Waals surface area (Å²) in [6.45, 7) is 4.16. The Labute approximate surface area is 138 Å². The molecule has 0 aliphatic carbocycles. The number of thiophene rings is 1. The van der Waals surface area contributed by atoms with Crippen molar-refractivity contribution in [3.8, 4) is 0 Å². The van der Waals surface area contributed by atoms with Crippen LogP contribution >= 0.6 is 11.3 Å². The lowest BCUT2D eigenvalue weighted by atomic mass is 9.99. The molecule has 0 saturated heterocycles. The van der Waals surface area contributed by atoms with E-state index in [2.05, 4.69) is 23.1 Å². The van der Waals surface area contributed by atoms with Crippen LogP contribution in [-0.4, -0.2) is 26.5 Å². The minimum atomic E-state index is -3.74. The second-order valence-corrected chi connectivity index (χ2v) is 7.87. The number of carbonyl (C=O) groups excluding carboxylic acids is 1. The molecule has 0 spiro atoms. The Morgan fingerprint density at radius 3 is 2.70 bits per heavy atom. The number of fused-ring (bicyclic) bond motifs is 1. The van der Waals surface area contributed by atoms with Gasteiger partial charge >= 0.3 is 0 Å². The third-order valence-electron chi connectivity index (χ3n) is 2.95. The average molecular weight is 355 g/mol. The van der Waals surface area contributed by atoms with Crippen LogP contribution < -0.4 is 11.2 Å². The van der Waals surface area contributed by atoms with Crippen molar-refractivity contribution < 1.29 is 17.5 Å². The van der Waals surface area contributed by atoms with Crippen LogP contribution in [0.4, 0.5) is 0 Å². The van der Waals surface area contributed by atoms with E-state index in [-0.39, 0.29) is 0 Å². The van der Waals surface area contributed by atoms with Gasteiger partial charge in [-0.3, -0.25) is 4.79 Å². The molecule has 1 heterocycles. The summed E-state index contributed by atoms with van der Waals surface area (Å²) in [5.74, 6) is -0.667. The number of amides is 1. The first kappa shape index (κ1) is 17.4. The summed E-state index contributed by atoms with van der Waals surface area (Å²) >= 11 is 1.30. The highest BCUT2D eigenvalue weighted by molar-refractivity contribution is 7.85. The lowest BCUT2D eigenvalue weighted by molar-refractivity contribution is 0.100. The fourth-order valence-electron chi connectivity index (χ4n) is 2.00. The molecule has 23 heavy (non-hydrogen) atoms. The Morgan fingerprint density at radius 1 is 1.39 bits per heavy atom. The molecule has 0 bridgehead atoms. The molecule has 0 radical (unpaired) electrons. The lowest BCUT2D eigenvalue weighted by Gasteiger charge is -2.05. The van der Waals surface area contributed by atoms with E-state index < -0.39 is 22.0 Å². The van der Waals surface area contributed by atoms with Gasteiger partial charge < -0.3 is 5.73 Å². The Morgan fingerprint density at radius 2 is 2.09 bits per heavy atom. The van der Waals surface area contributed by atoms with E-state index in [1.165, 1.54) is 11.3 Å². The molecule has 0 saturated carbocycles. The number of hydrogen-bond acceptors (Lipinski definition) is 5. The highest BCUT2D eigenvalue weighted by Crippen LogP contribution is 2.32. The molecular formula is C14H17N3O4S2. The van der Waals surface area contributed by atoms with E-state index in [0.29, 0.717) is 10.8 Å². The van der Waals surface area contributed by atoms with Gasteiger partial charge in [-0.05, 0) is 29.0 Å². The number of hydrogen-bond donors (Lipinski definition) is 2. The molecule has 1 amide bonds. The van der Waals surface area contributed by atoms with Gasteiger partial charge in [-0.25, -0.2) is 5.48 Å². The van der Waals surface area contributed by atoms with Gasteiger partial charge in [-0.15, -0.1) is 15.6 Å². The molecule has 0 fully saturated rings. The number of aliphatic imine (C=N–C) groups is 1. The third-order valence-corrected chi connectivity index (χ3v) is 4.42. The highest BCUT2D eigenvalue weighted by atomic mass is 32.2. The molecule has 9 heteroatoms. The second-order valence-electron chi connectivity index (χ2n) is 5.22. The fraction of sp³-hybridized carbons (Fsp3) is 0.286. The zero-order chi connectivity index (χ0) is 17.2. The summed E-state index contributed by atoms with van der Waals surface area (Å²) in [5, 5.41) is 1.00. The van der Waals surface area contributed by atoms with E-state index in [4.69, 9.17) is 5.73 Å². The highest BCUT2D eigenvalue weighted by Gasteiger charge is 2.14. The normalized spacial score (nSPS) is 12.8. The van der Waals surface area contributed by atoms with Gasteiger partial charge in [0.15, 0.2) is 0 Å². The third kappa shape index (κ3) is 4.50.